The highest BCUT2D eigenvalue weighted by atomic mass is 32.1. The van der Waals surface area contributed by atoms with Gasteiger partial charge in [-0.25, -0.2) is 0 Å². The maximum atomic E-state index is 12.0. The minimum absolute atomic E-state index is 0.331. The van der Waals surface area contributed by atoms with E-state index in [0.717, 1.165) is 0 Å². The molecule has 0 aliphatic rings. The van der Waals surface area contributed by atoms with Crippen LogP contribution in [0, 0.1) is 6.92 Å². The van der Waals surface area contributed by atoms with Gasteiger partial charge in [-0.15, -0.1) is 0 Å². The van der Waals surface area contributed by atoms with Crippen LogP contribution in [0.25, 0.3) is 0 Å². The van der Waals surface area contributed by atoms with Crippen LogP contribution in [-0.4, -0.2) is 19.1 Å². The number of carbonyl (C=O) groups excluding carboxylic acids is 1. The first-order chi connectivity index (χ1) is 6.36. The van der Waals surface area contributed by atoms with Crippen molar-refractivity contribution in [2.75, 3.05) is 7.11 Å². The number of thiophene rings is 1. The van der Waals surface area contributed by atoms with Crippen LogP contribution in [-0.2, 0) is 0 Å². The van der Waals surface area contributed by atoms with Crippen LogP contribution in [0.5, 0.6) is 5.06 Å². The minimum atomic E-state index is -4.82. The summed E-state index contributed by atoms with van der Waals surface area (Å²) in [6.45, 7) is 1.59. The van der Waals surface area contributed by atoms with Crippen molar-refractivity contribution in [1.29, 1.82) is 0 Å². The van der Waals surface area contributed by atoms with Gasteiger partial charge in [-0.2, -0.15) is 13.2 Å². The molecule has 0 saturated heterocycles. The SMILES string of the molecule is COc1sc(C(=O)C(F)(F)F)cc1C. The molecule has 6 heteroatoms. The van der Waals surface area contributed by atoms with Crippen molar-refractivity contribution in [3.05, 3.63) is 16.5 Å². The summed E-state index contributed by atoms with van der Waals surface area (Å²) in [5.41, 5.74) is 0.533. The van der Waals surface area contributed by atoms with Crippen molar-refractivity contribution in [3.63, 3.8) is 0 Å². The van der Waals surface area contributed by atoms with E-state index in [-0.39, 0.29) is 4.88 Å². The molecule has 0 unspecified atom stereocenters. The molecule has 0 N–H and O–H groups in total. The smallest absolute Gasteiger partial charge is 0.455 e. The third-order valence-corrected chi connectivity index (χ3v) is 2.74. The lowest BCUT2D eigenvalue weighted by Gasteiger charge is -2.00. The Hall–Kier alpha value is -1.04. The van der Waals surface area contributed by atoms with Gasteiger partial charge in [-0.1, -0.05) is 11.3 Å². The van der Waals surface area contributed by atoms with E-state index < -0.39 is 12.0 Å². The summed E-state index contributed by atoms with van der Waals surface area (Å²) in [4.78, 5) is 10.4. The number of hydrogen-bond donors (Lipinski definition) is 0. The molecule has 0 atom stereocenters. The molecule has 0 aliphatic carbocycles. The van der Waals surface area contributed by atoms with Gasteiger partial charge in [-0.3, -0.25) is 4.79 Å². The van der Waals surface area contributed by atoms with Crippen LogP contribution in [0.3, 0.4) is 0 Å². The molecule has 0 aromatic carbocycles. The average molecular weight is 224 g/mol. The summed E-state index contributed by atoms with van der Waals surface area (Å²) < 4.78 is 40.8. The van der Waals surface area contributed by atoms with Gasteiger partial charge in [0.05, 0.1) is 12.0 Å². The van der Waals surface area contributed by atoms with Gasteiger partial charge in [0.2, 0.25) is 0 Å². The Balaban J connectivity index is 3.03. The average Bonchev–Trinajstić information content (AvgIpc) is 2.43. The first-order valence-electron chi connectivity index (χ1n) is 3.62. The molecule has 2 nitrogen and oxygen atoms in total. The largest absolute Gasteiger partial charge is 0.487 e. The summed E-state index contributed by atoms with van der Waals surface area (Å²) in [5.74, 6) is -1.83. The second-order valence-electron chi connectivity index (χ2n) is 2.61. The standard InChI is InChI=1S/C8H7F3O2S/c1-4-3-5(14-7(4)13-2)6(12)8(9,10)11/h3H,1-2H3. The van der Waals surface area contributed by atoms with Crippen molar-refractivity contribution < 1.29 is 22.7 Å². The summed E-state index contributed by atoms with van der Waals surface area (Å²) in [5, 5.41) is 0.331. The van der Waals surface area contributed by atoms with Crippen LogP contribution in [0.2, 0.25) is 0 Å². The van der Waals surface area contributed by atoms with Crippen LogP contribution in [0.15, 0.2) is 6.07 Å². The molecule has 0 amide bonds. The molecule has 0 radical (unpaired) electrons. The van der Waals surface area contributed by atoms with Crippen LogP contribution < -0.4 is 4.74 Å². The van der Waals surface area contributed by atoms with E-state index in [1.165, 1.54) is 13.2 Å². The predicted octanol–water partition coefficient (Wildman–Crippen LogP) is 2.81. The molecule has 78 valence electrons. The number of ketones is 1. The Bertz CT molecular complexity index is 354. The van der Waals surface area contributed by atoms with E-state index in [1.807, 2.05) is 0 Å². The summed E-state index contributed by atoms with van der Waals surface area (Å²) in [6.07, 6.45) is -4.82. The highest BCUT2D eigenvalue weighted by Gasteiger charge is 2.40. The Morgan fingerprint density at radius 1 is 1.50 bits per heavy atom. The van der Waals surface area contributed by atoms with Crippen molar-refractivity contribution in [1.82, 2.24) is 0 Å². The molecule has 0 fully saturated rings. The zero-order valence-corrected chi connectivity index (χ0v) is 8.25. The summed E-state index contributed by atoms with van der Waals surface area (Å²) in [6, 6.07) is 1.18. The molecular weight excluding hydrogens is 217 g/mol. The Labute approximate surface area is 82.3 Å². The number of aryl methyl sites for hydroxylation is 1. The quantitative estimate of drug-likeness (QED) is 0.722. The number of ether oxygens (including phenoxy) is 1. The van der Waals surface area contributed by atoms with E-state index in [2.05, 4.69) is 0 Å². The molecule has 1 rings (SSSR count). The Morgan fingerprint density at radius 3 is 2.43 bits per heavy atom. The van der Waals surface area contributed by atoms with Crippen molar-refractivity contribution in [2.45, 2.75) is 13.1 Å². The van der Waals surface area contributed by atoms with Gasteiger partial charge >= 0.3 is 6.18 Å². The minimum Gasteiger partial charge on any atom is -0.487 e. The van der Waals surface area contributed by atoms with E-state index >= 15 is 0 Å². The maximum absolute atomic E-state index is 12.0. The summed E-state index contributed by atoms with van der Waals surface area (Å²) >= 11 is 0.703. The van der Waals surface area contributed by atoms with E-state index in [0.29, 0.717) is 22.0 Å². The first kappa shape index (κ1) is 11.0. The topological polar surface area (TPSA) is 26.3 Å². The van der Waals surface area contributed by atoms with E-state index in [4.69, 9.17) is 4.74 Å². The molecule has 0 bridgehead atoms. The van der Waals surface area contributed by atoms with Gasteiger partial charge in [0.1, 0.15) is 0 Å². The molecule has 1 aromatic rings. The fourth-order valence-corrected chi connectivity index (χ4v) is 1.87. The number of rotatable bonds is 2. The molecule has 0 spiro atoms. The number of Topliss-reactive ketones (excluding diaryl/α,β-unsaturated/α-hetero) is 1. The molecular formula is C8H7F3O2S. The number of hydrogen-bond acceptors (Lipinski definition) is 3. The number of alkyl halides is 3. The second-order valence-corrected chi connectivity index (χ2v) is 3.63. The molecule has 1 heterocycles. The van der Waals surface area contributed by atoms with Crippen molar-refractivity contribution in [2.24, 2.45) is 0 Å². The lowest BCUT2D eigenvalue weighted by Crippen LogP contribution is -2.21. The lowest BCUT2D eigenvalue weighted by molar-refractivity contribution is -0.0882. The molecule has 0 aliphatic heterocycles. The van der Waals surface area contributed by atoms with E-state index in [9.17, 15) is 18.0 Å². The highest BCUT2D eigenvalue weighted by molar-refractivity contribution is 7.16. The molecule has 0 saturated carbocycles. The van der Waals surface area contributed by atoms with Crippen LogP contribution >= 0.6 is 11.3 Å². The maximum Gasteiger partial charge on any atom is 0.455 e. The second kappa shape index (κ2) is 3.61. The van der Waals surface area contributed by atoms with Crippen LogP contribution in [0.1, 0.15) is 15.2 Å². The number of halogens is 3. The first-order valence-corrected chi connectivity index (χ1v) is 4.44. The Morgan fingerprint density at radius 2 is 2.07 bits per heavy atom. The predicted molar refractivity (Wildman–Crippen MR) is 46.0 cm³/mol. The zero-order valence-electron chi connectivity index (χ0n) is 7.44. The fourth-order valence-electron chi connectivity index (χ4n) is 0.920. The van der Waals surface area contributed by atoms with Gasteiger partial charge in [0.15, 0.2) is 5.06 Å². The molecule has 1 aromatic heterocycles. The van der Waals surface area contributed by atoms with Crippen molar-refractivity contribution >= 4 is 17.1 Å². The highest BCUT2D eigenvalue weighted by Crippen LogP contribution is 2.33. The fraction of sp³-hybridized carbons (Fsp3) is 0.375. The van der Waals surface area contributed by atoms with Gasteiger partial charge < -0.3 is 4.74 Å². The lowest BCUT2D eigenvalue weighted by atomic mass is 10.2. The summed E-state index contributed by atoms with van der Waals surface area (Å²) in [7, 11) is 1.35. The third-order valence-electron chi connectivity index (χ3n) is 1.54. The third kappa shape index (κ3) is 2.06. The number of carbonyl (C=O) groups is 1. The van der Waals surface area contributed by atoms with Crippen molar-refractivity contribution in [3.8, 4) is 5.06 Å². The monoisotopic (exact) mass is 224 g/mol. The molecule has 14 heavy (non-hydrogen) atoms. The Kier molecular flexibility index (Phi) is 2.84. The normalized spacial score (nSPS) is 11.5. The van der Waals surface area contributed by atoms with Gasteiger partial charge in [0, 0.05) is 5.56 Å². The van der Waals surface area contributed by atoms with E-state index in [1.54, 1.807) is 6.92 Å². The zero-order chi connectivity index (χ0) is 10.9. The number of methoxy groups -OCH3 is 1. The van der Waals surface area contributed by atoms with Gasteiger partial charge in [0.25, 0.3) is 5.78 Å². The van der Waals surface area contributed by atoms with Gasteiger partial charge in [-0.05, 0) is 13.0 Å². The van der Waals surface area contributed by atoms with Crippen LogP contribution in [0.4, 0.5) is 13.2 Å².